The third-order valence-electron chi connectivity index (χ3n) is 2.65. The van der Waals surface area contributed by atoms with Crippen molar-refractivity contribution in [3.05, 3.63) is 34.3 Å². The van der Waals surface area contributed by atoms with Crippen LogP contribution in [-0.2, 0) is 4.74 Å². The van der Waals surface area contributed by atoms with Gasteiger partial charge in [0.05, 0.1) is 13.2 Å². The zero-order valence-corrected chi connectivity index (χ0v) is 13.6. The lowest BCUT2D eigenvalue weighted by molar-refractivity contribution is 0.0595. The number of halogens is 2. The Morgan fingerprint density at radius 2 is 2.16 bits per heavy atom. The van der Waals surface area contributed by atoms with Gasteiger partial charge in [0.1, 0.15) is 0 Å². The first kappa shape index (κ1) is 16.5. The van der Waals surface area contributed by atoms with Crippen LogP contribution in [0.5, 0.6) is 0 Å². The Kier molecular flexibility index (Phi) is 7.42. The molecule has 19 heavy (non-hydrogen) atoms. The van der Waals surface area contributed by atoms with E-state index in [-0.39, 0.29) is 11.9 Å². The van der Waals surface area contributed by atoms with Crippen molar-refractivity contribution >= 4 is 33.4 Å². The van der Waals surface area contributed by atoms with E-state index < -0.39 is 0 Å². The minimum Gasteiger partial charge on any atom is -0.378 e. The summed E-state index contributed by atoms with van der Waals surface area (Å²) in [4.78, 5) is 14.2. The molecule has 0 unspecified atom stereocenters. The maximum absolute atomic E-state index is 12.4. The summed E-state index contributed by atoms with van der Waals surface area (Å²) in [5, 5.41) is 0. The molecule has 0 fully saturated rings. The molecule has 0 aromatic heterocycles. The number of hydrogen-bond donors (Lipinski definition) is 0. The molecule has 3 nitrogen and oxygen atoms in total. The highest BCUT2D eigenvalue weighted by atomic mass is 79.9. The largest absolute Gasteiger partial charge is 0.378 e. The summed E-state index contributed by atoms with van der Waals surface area (Å²) in [6.07, 6.45) is 0. The predicted octanol–water partition coefficient (Wildman–Crippen LogP) is 3.56. The molecular weight excluding hydrogens is 330 g/mol. The second-order valence-electron chi connectivity index (χ2n) is 4.40. The molecule has 1 amide bonds. The second-order valence-corrected chi connectivity index (χ2v) is 5.70. The third-order valence-corrected chi connectivity index (χ3v) is 3.30. The van der Waals surface area contributed by atoms with Gasteiger partial charge >= 0.3 is 0 Å². The normalized spacial score (nSPS) is 10.8. The number of carbonyl (C=O) groups excluding carboxylic acids is 1. The Bertz CT molecular complexity index is 412. The lowest BCUT2D eigenvalue weighted by Crippen LogP contribution is -2.39. The first-order valence-corrected chi connectivity index (χ1v) is 7.59. The summed E-state index contributed by atoms with van der Waals surface area (Å²) in [5.41, 5.74) is 0.681. The van der Waals surface area contributed by atoms with Crippen LogP contribution in [0.2, 0.25) is 0 Å². The number of nitrogens with zero attached hydrogens (tertiary/aromatic N) is 1. The Labute approximate surface area is 128 Å². The second kappa shape index (κ2) is 8.56. The van der Waals surface area contributed by atoms with E-state index in [0.717, 1.165) is 4.47 Å². The summed E-state index contributed by atoms with van der Waals surface area (Å²) < 4.78 is 6.24. The van der Waals surface area contributed by atoms with E-state index >= 15 is 0 Å². The first-order chi connectivity index (χ1) is 9.06. The summed E-state index contributed by atoms with van der Waals surface area (Å²) in [6.45, 7) is 5.58. The van der Waals surface area contributed by atoms with Crippen molar-refractivity contribution in [2.24, 2.45) is 0 Å². The van der Waals surface area contributed by atoms with Gasteiger partial charge in [-0.1, -0.05) is 22.0 Å². The first-order valence-electron chi connectivity index (χ1n) is 6.26. The van der Waals surface area contributed by atoms with Gasteiger partial charge in [-0.3, -0.25) is 4.79 Å². The molecule has 0 heterocycles. The number of hydrogen-bond acceptors (Lipinski definition) is 2. The van der Waals surface area contributed by atoms with Crippen LogP contribution in [-0.4, -0.2) is 42.5 Å². The zero-order chi connectivity index (χ0) is 14.3. The molecule has 0 aliphatic rings. The molecule has 5 heteroatoms. The topological polar surface area (TPSA) is 29.5 Å². The van der Waals surface area contributed by atoms with Gasteiger partial charge in [0, 0.05) is 28.5 Å². The van der Waals surface area contributed by atoms with Gasteiger partial charge in [0.2, 0.25) is 0 Å². The van der Waals surface area contributed by atoms with Crippen LogP contribution >= 0.6 is 27.5 Å². The molecule has 1 rings (SSSR count). The fourth-order valence-corrected chi connectivity index (χ4v) is 2.21. The number of rotatable bonds is 7. The zero-order valence-electron chi connectivity index (χ0n) is 11.2. The van der Waals surface area contributed by atoms with Crippen LogP contribution in [0.3, 0.4) is 0 Å². The van der Waals surface area contributed by atoms with E-state index in [9.17, 15) is 4.79 Å². The fourth-order valence-electron chi connectivity index (χ4n) is 1.70. The van der Waals surface area contributed by atoms with Crippen LogP contribution in [0.15, 0.2) is 28.7 Å². The third kappa shape index (κ3) is 5.51. The molecule has 0 bridgehead atoms. The van der Waals surface area contributed by atoms with Gasteiger partial charge in [0.15, 0.2) is 0 Å². The van der Waals surface area contributed by atoms with Gasteiger partial charge in [-0.05, 0) is 32.0 Å². The molecule has 0 radical (unpaired) electrons. The van der Waals surface area contributed by atoms with E-state index in [4.69, 9.17) is 16.3 Å². The van der Waals surface area contributed by atoms with Gasteiger partial charge < -0.3 is 9.64 Å². The van der Waals surface area contributed by atoms with Crippen molar-refractivity contribution in [3.8, 4) is 0 Å². The van der Waals surface area contributed by atoms with Crippen molar-refractivity contribution in [3.63, 3.8) is 0 Å². The van der Waals surface area contributed by atoms with Crippen LogP contribution in [0, 0.1) is 0 Å². The summed E-state index contributed by atoms with van der Waals surface area (Å²) in [7, 11) is 0. The van der Waals surface area contributed by atoms with Crippen molar-refractivity contribution < 1.29 is 9.53 Å². The number of benzene rings is 1. The summed E-state index contributed by atoms with van der Waals surface area (Å²) in [5.74, 6) is 0.493. The number of ether oxygens (including phenoxy) is 1. The molecule has 0 saturated carbocycles. The van der Waals surface area contributed by atoms with Crippen molar-refractivity contribution in [1.29, 1.82) is 0 Å². The number of carbonyl (C=O) groups is 1. The summed E-state index contributed by atoms with van der Waals surface area (Å²) >= 11 is 8.92. The average molecular weight is 349 g/mol. The molecule has 106 valence electrons. The fraction of sp³-hybridized carbons (Fsp3) is 0.500. The standard InChI is InChI=1S/C14H19BrClNO2/c1-11(2)17(7-9-19-8-6-16)14(18)12-4-3-5-13(15)10-12/h3-5,10-11H,6-9H2,1-2H3. The monoisotopic (exact) mass is 347 g/mol. The van der Waals surface area contributed by atoms with Gasteiger partial charge in [-0.15, -0.1) is 11.6 Å². The minimum atomic E-state index is 0.0192. The maximum Gasteiger partial charge on any atom is 0.254 e. The summed E-state index contributed by atoms with van der Waals surface area (Å²) in [6, 6.07) is 7.55. The van der Waals surface area contributed by atoms with E-state index in [2.05, 4.69) is 15.9 Å². The predicted molar refractivity (Wildman–Crippen MR) is 81.9 cm³/mol. The lowest BCUT2D eigenvalue weighted by Gasteiger charge is -2.26. The van der Waals surface area contributed by atoms with Crippen LogP contribution in [0.4, 0.5) is 0 Å². The highest BCUT2D eigenvalue weighted by Crippen LogP contribution is 2.14. The van der Waals surface area contributed by atoms with Gasteiger partial charge in [0.25, 0.3) is 5.91 Å². The highest BCUT2D eigenvalue weighted by Gasteiger charge is 2.18. The molecular formula is C14H19BrClNO2. The lowest BCUT2D eigenvalue weighted by atomic mass is 10.1. The Balaban J connectivity index is 2.67. The Morgan fingerprint density at radius 1 is 1.42 bits per heavy atom. The quantitative estimate of drug-likeness (QED) is 0.557. The molecule has 0 N–H and O–H groups in total. The molecule has 1 aromatic carbocycles. The number of alkyl halides is 1. The van der Waals surface area contributed by atoms with E-state index in [1.165, 1.54) is 0 Å². The molecule has 0 saturated heterocycles. The average Bonchev–Trinajstić information content (AvgIpc) is 2.37. The van der Waals surface area contributed by atoms with Crippen molar-refractivity contribution in [2.75, 3.05) is 25.6 Å². The molecule has 0 aliphatic carbocycles. The van der Waals surface area contributed by atoms with Crippen molar-refractivity contribution in [1.82, 2.24) is 4.90 Å². The van der Waals surface area contributed by atoms with Gasteiger partial charge in [-0.2, -0.15) is 0 Å². The molecule has 0 aliphatic heterocycles. The molecule has 0 spiro atoms. The Morgan fingerprint density at radius 3 is 2.74 bits per heavy atom. The van der Waals surface area contributed by atoms with E-state index in [1.807, 2.05) is 38.1 Å². The molecule has 0 atom stereocenters. The van der Waals surface area contributed by atoms with Crippen molar-refractivity contribution in [2.45, 2.75) is 19.9 Å². The maximum atomic E-state index is 12.4. The van der Waals surface area contributed by atoms with Crippen LogP contribution in [0.25, 0.3) is 0 Å². The number of amides is 1. The smallest absolute Gasteiger partial charge is 0.254 e. The van der Waals surface area contributed by atoms with Crippen LogP contribution in [0.1, 0.15) is 24.2 Å². The van der Waals surface area contributed by atoms with Crippen LogP contribution < -0.4 is 0 Å². The van der Waals surface area contributed by atoms with E-state index in [0.29, 0.717) is 31.2 Å². The van der Waals surface area contributed by atoms with Gasteiger partial charge in [-0.25, -0.2) is 0 Å². The Hall–Kier alpha value is -0.580. The van der Waals surface area contributed by atoms with E-state index in [1.54, 1.807) is 4.90 Å². The minimum absolute atomic E-state index is 0.0192. The SMILES string of the molecule is CC(C)N(CCOCCCl)C(=O)c1cccc(Br)c1. The highest BCUT2D eigenvalue weighted by molar-refractivity contribution is 9.10. The molecule has 1 aromatic rings.